The summed E-state index contributed by atoms with van der Waals surface area (Å²) in [6.07, 6.45) is 6.44. The third kappa shape index (κ3) is 3.23. The normalized spacial score (nSPS) is 20.6. The molecule has 0 bridgehead atoms. The zero-order chi connectivity index (χ0) is 14.7. The van der Waals surface area contributed by atoms with Crippen LogP contribution in [0.1, 0.15) is 44.1 Å². The number of rotatable bonds is 3. The molecule has 1 aromatic rings. The molecule has 2 aliphatic rings. The fourth-order valence-electron chi connectivity index (χ4n) is 3.41. The van der Waals surface area contributed by atoms with Gasteiger partial charge in [-0.05, 0) is 24.3 Å². The van der Waals surface area contributed by atoms with Crippen molar-refractivity contribution >= 4 is 11.7 Å². The summed E-state index contributed by atoms with van der Waals surface area (Å²) in [7, 11) is 0. The molecule has 3 nitrogen and oxygen atoms in total. The molecular formula is C18H21NO2. The van der Waals surface area contributed by atoms with E-state index < -0.39 is 0 Å². The molecule has 0 aromatic heterocycles. The molecule has 0 saturated heterocycles. The minimum Gasteiger partial charge on any atom is -0.329 e. The van der Waals surface area contributed by atoms with E-state index in [1.165, 1.54) is 19.3 Å². The number of hydrogen-bond acceptors (Lipinski definition) is 2. The minimum absolute atomic E-state index is 0.00160. The van der Waals surface area contributed by atoms with E-state index in [0.717, 1.165) is 29.7 Å². The van der Waals surface area contributed by atoms with Crippen LogP contribution in [0.25, 0.3) is 0 Å². The van der Waals surface area contributed by atoms with Crippen molar-refractivity contribution in [3.05, 3.63) is 47.2 Å². The van der Waals surface area contributed by atoms with E-state index in [1.807, 2.05) is 30.3 Å². The van der Waals surface area contributed by atoms with Crippen LogP contribution >= 0.6 is 0 Å². The van der Waals surface area contributed by atoms with Crippen LogP contribution in [0.5, 0.6) is 0 Å². The van der Waals surface area contributed by atoms with Gasteiger partial charge in [0.2, 0.25) is 5.91 Å². The molecule has 1 fully saturated rings. The Labute approximate surface area is 125 Å². The highest BCUT2D eigenvalue weighted by Gasteiger charge is 2.30. The Kier molecular flexibility index (Phi) is 4.18. The first-order valence-corrected chi connectivity index (χ1v) is 7.84. The average molecular weight is 283 g/mol. The molecule has 1 aliphatic carbocycles. The summed E-state index contributed by atoms with van der Waals surface area (Å²) in [5.74, 6) is 0.214. The van der Waals surface area contributed by atoms with E-state index in [1.54, 1.807) is 0 Å². The molecule has 3 heteroatoms. The monoisotopic (exact) mass is 283 g/mol. The molecule has 1 N–H and O–H groups in total. The van der Waals surface area contributed by atoms with Crippen molar-refractivity contribution in [2.45, 2.75) is 44.9 Å². The van der Waals surface area contributed by atoms with Crippen molar-refractivity contribution in [1.29, 1.82) is 0 Å². The fraction of sp³-hybridized carbons (Fsp3) is 0.444. The Morgan fingerprint density at radius 3 is 2.43 bits per heavy atom. The van der Waals surface area contributed by atoms with Crippen LogP contribution in [0.15, 0.2) is 41.6 Å². The van der Waals surface area contributed by atoms with Crippen LogP contribution in [0.2, 0.25) is 0 Å². The Bertz CT molecular complexity index is 568. The Morgan fingerprint density at radius 1 is 1.00 bits per heavy atom. The molecule has 1 amide bonds. The quantitative estimate of drug-likeness (QED) is 0.866. The number of Topliss-reactive ketones (excluding diaryl/α,β-unsaturated/α-hetero) is 1. The van der Waals surface area contributed by atoms with Gasteiger partial charge in [0.05, 0.1) is 6.42 Å². The molecule has 1 aromatic carbocycles. The van der Waals surface area contributed by atoms with Crippen LogP contribution < -0.4 is 5.32 Å². The third-order valence-corrected chi connectivity index (χ3v) is 4.49. The maximum atomic E-state index is 12.3. The second kappa shape index (κ2) is 6.25. The molecule has 1 aliphatic heterocycles. The number of hydrogen-bond donors (Lipinski definition) is 1. The second-order valence-corrected chi connectivity index (χ2v) is 6.04. The van der Waals surface area contributed by atoms with E-state index in [4.69, 9.17) is 0 Å². The van der Waals surface area contributed by atoms with Crippen molar-refractivity contribution in [2.75, 3.05) is 0 Å². The van der Waals surface area contributed by atoms with Crippen molar-refractivity contribution in [3.63, 3.8) is 0 Å². The van der Waals surface area contributed by atoms with Gasteiger partial charge in [0.25, 0.3) is 0 Å². The second-order valence-electron chi connectivity index (χ2n) is 6.04. The largest absolute Gasteiger partial charge is 0.329 e. The summed E-state index contributed by atoms with van der Waals surface area (Å²) < 4.78 is 0. The van der Waals surface area contributed by atoms with Crippen LogP contribution in [0.4, 0.5) is 0 Å². The van der Waals surface area contributed by atoms with Crippen molar-refractivity contribution < 1.29 is 9.59 Å². The van der Waals surface area contributed by atoms with E-state index in [0.29, 0.717) is 12.3 Å². The van der Waals surface area contributed by atoms with Gasteiger partial charge in [-0.2, -0.15) is 0 Å². The summed E-state index contributed by atoms with van der Waals surface area (Å²) in [5, 5.41) is 3.01. The smallest absolute Gasteiger partial charge is 0.231 e. The van der Waals surface area contributed by atoms with Crippen LogP contribution in [-0.2, 0) is 16.0 Å². The Hall–Kier alpha value is -1.90. The summed E-state index contributed by atoms with van der Waals surface area (Å²) in [6, 6.07) is 10.0. The highest BCUT2D eigenvalue weighted by molar-refractivity contribution is 6.10. The molecule has 21 heavy (non-hydrogen) atoms. The van der Waals surface area contributed by atoms with Gasteiger partial charge in [0.15, 0.2) is 5.78 Å². The van der Waals surface area contributed by atoms with Gasteiger partial charge >= 0.3 is 0 Å². The lowest BCUT2D eigenvalue weighted by molar-refractivity contribution is -0.127. The lowest BCUT2D eigenvalue weighted by atomic mass is 9.81. The zero-order valence-electron chi connectivity index (χ0n) is 12.2. The van der Waals surface area contributed by atoms with Gasteiger partial charge in [-0.1, -0.05) is 49.6 Å². The lowest BCUT2D eigenvalue weighted by Gasteiger charge is -2.29. The van der Waals surface area contributed by atoms with Gasteiger partial charge < -0.3 is 5.32 Å². The van der Waals surface area contributed by atoms with Crippen molar-refractivity contribution in [3.8, 4) is 0 Å². The van der Waals surface area contributed by atoms with E-state index in [9.17, 15) is 9.59 Å². The number of allylic oxidation sites excluding steroid dienone is 2. The number of carbonyl (C=O) groups excluding carboxylic acids is 2. The van der Waals surface area contributed by atoms with Crippen molar-refractivity contribution in [1.82, 2.24) is 5.32 Å². The number of benzene rings is 1. The van der Waals surface area contributed by atoms with E-state index >= 15 is 0 Å². The number of nitrogens with one attached hydrogen (secondary N) is 1. The number of amides is 1. The molecule has 110 valence electrons. The predicted molar refractivity (Wildman–Crippen MR) is 81.5 cm³/mol. The molecule has 0 spiro atoms. The van der Waals surface area contributed by atoms with Crippen LogP contribution in [0.3, 0.4) is 0 Å². The predicted octanol–water partition coefficient (Wildman–Crippen LogP) is 3.15. The molecule has 3 rings (SSSR count). The first kappa shape index (κ1) is 14.1. The molecule has 0 atom stereocenters. The molecule has 1 heterocycles. The SMILES string of the molecule is O=C1CC(=O)C(Cc2ccccc2)=C(C2CCCCC2)N1. The number of ketones is 1. The maximum absolute atomic E-state index is 12.3. The molecule has 1 saturated carbocycles. The van der Waals surface area contributed by atoms with Gasteiger partial charge in [-0.25, -0.2) is 0 Å². The zero-order valence-corrected chi connectivity index (χ0v) is 12.2. The first-order chi connectivity index (χ1) is 10.2. The summed E-state index contributed by atoms with van der Waals surface area (Å²) in [4.78, 5) is 24.1. The van der Waals surface area contributed by atoms with E-state index in [-0.39, 0.29) is 18.1 Å². The van der Waals surface area contributed by atoms with Gasteiger partial charge in [-0.3, -0.25) is 9.59 Å². The summed E-state index contributed by atoms with van der Waals surface area (Å²) >= 11 is 0. The minimum atomic E-state index is -0.141. The standard InChI is InChI=1S/C18H21NO2/c20-16-12-17(21)19-18(14-9-5-2-6-10-14)15(16)11-13-7-3-1-4-8-13/h1,3-4,7-8,14H,2,5-6,9-12H2,(H,19,21). The van der Waals surface area contributed by atoms with Crippen LogP contribution in [0, 0.1) is 5.92 Å². The van der Waals surface area contributed by atoms with Crippen LogP contribution in [-0.4, -0.2) is 11.7 Å². The van der Waals surface area contributed by atoms with E-state index in [2.05, 4.69) is 5.32 Å². The molecule has 0 unspecified atom stereocenters. The average Bonchev–Trinajstić information content (AvgIpc) is 2.51. The summed E-state index contributed by atoms with van der Waals surface area (Å²) in [5.41, 5.74) is 2.87. The summed E-state index contributed by atoms with van der Waals surface area (Å²) in [6.45, 7) is 0. The van der Waals surface area contributed by atoms with Gasteiger partial charge in [-0.15, -0.1) is 0 Å². The molecule has 0 radical (unpaired) electrons. The highest BCUT2D eigenvalue weighted by atomic mass is 16.2. The van der Waals surface area contributed by atoms with Gasteiger partial charge in [0.1, 0.15) is 0 Å². The third-order valence-electron chi connectivity index (χ3n) is 4.49. The van der Waals surface area contributed by atoms with Crippen molar-refractivity contribution in [2.24, 2.45) is 5.92 Å². The molecular weight excluding hydrogens is 262 g/mol. The first-order valence-electron chi connectivity index (χ1n) is 7.84. The maximum Gasteiger partial charge on any atom is 0.231 e. The Balaban J connectivity index is 1.92. The Morgan fingerprint density at radius 2 is 1.71 bits per heavy atom. The number of carbonyl (C=O) groups is 2. The topological polar surface area (TPSA) is 46.2 Å². The fourth-order valence-corrected chi connectivity index (χ4v) is 3.41. The lowest BCUT2D eigenvalue weighted by Crippen LogP contribution is -2.37. The highest BCUT2D eigenvalue weighted by Crippen LogP contribution is 2.32. The van der Waals surface area contributed by atoms with Gasteiger partial charge in [0, 0.05) is 17.7 Å².